The molecule has 0 fully saturated rings. The van der Waals surface area contributed by atoms with Crippen LogP contribution in [-0.4, -0.2) is 36.9 Å². The van der Waals surface area contributed by atoms with E-state index in [9.17, 15) is 14.4 Å². The van der Waals surface area contributed by atoms with Crippen molar-refractivity contribution in [2.75, 3.05) is 23.7 Å². The Balaban J connectivity index is 1.66. The van der Waals surface area contributed by atoms with Crippen molar-refractivity contribution in [3.8, 4) is 0 Å². The Morgan fingerprint density at radius 3 is 2.03 bits per heavy atom. The van der Waals surface area contributed by atoms with Gasteiger partial charge in [-0.3, -0.25) is 14.4 Å². The maximum atomic E-state index is 12.8. The Labute approximate surface area is 205 Å². The molecule has 0 unspecified atom stereocenters. The van der Waals surface area contributed by atoms with E-state index in [1.165, 1.54) is 5.56 Å². The number of anilines is 2. The van der Waals surface area contributed by atoms with Crippen LogP contribution < -0.4 is 27.4 Å². The van der Waals surface area contributed by atoms with Gasteiger partial charge in [0.1, 0.15) is 0 Å². The third-order valence-electron chi connectivity index (χ3n) is 5.34. The Kier molecular flexibility index (Phi) is 9.53. The lowest BCUT2D eigenvalue weighted by molar-refractivity contribution is -0.117. The van der Waals surface area contributed by atoms with Crippen molar-refractivity contribution in [3.05, 3.63) is 95.6 Å². The first-order chi connectivity index (χ1) is 16.9. The van der Waals surface area contributed by atoms with Crippen molar-refractivity contribution in [2.24, 2.45) is 11.5 Å². The van der Waals surface area contributed by atoms with Crippen LogP contribution in [0.25, 0.3) is 0 Å². The van der Waals surface area contributed by atoms with Gasteiger partial charge in [-0.1, -0.05) is 60.7 Å². The number of nitrogens with one attached hydrogen (secondary N) is 3. The number of amides is 3. The number of hydrogen-bond donors (Lipinski definition) is 5. The number of carbonyl (C=O) groups excluding carboxylic acids is 3. The second kappa shape index (κ2) is 13.0. The van der Waals surface area contributed by atoms with Crippen LogP contribution >= 0.6 is 0 Å². The predicted octanol–water partition coefficient (Wildman–Crippen LogP) is 2.45. The smallest absolute Gasteiger partial charge is 0.251 e. The zero-order chi connectivity index (χ0) is 25.0. The minimum atomic E-state index is -0.782. The maximum Gasteiger partial charge on any atom is 0.251 e. The Bertz CT molecular complexity index is 1140. The van der Waals surface area contributed by atoms with Crippen LogP contribution in [0.5, 0.6) is 0 Å². The van der Waals surface area contributed by atoms with E-state index in [0.717, 1.165) is 18.4 Å². The molecular weight excluding hydrogens is 442 g/mol. The molecule has 0 aliphatic heterocycles. The minimum absolute atomic E-state index is 0.209. The van der Waals surface area contributed by atoms with Gasteiger partial charge in [0.2, 0.25) is 11.8 Å². The van der Waals surface area contributed by atoms with Gasteiger partial charge in [0.05, 0.1) is 12.6 Å². The van der Waals surface area contributed by atoms with Crippen LogP contribution in [0, 0.1) is 0 Å². The van der Waals surface area contributed by atoms with E-state index < -0.39 is 17.9 Å². The maximum absolute atomic E-state index is 12.8. The van der Waals surface area contributed by atoms with Crippen LogP contribution in [-0.2, 0) is 22.4 Å². The number of aryl methyl sites for hydroxylation is 1. The van der Waals surface area contributed by atoms with Gasteiger partial charge < -0.3 is 27.4 Å². The van der Waals surface area contributed by atoms with Crippen molar-refractivity contribution in [3.63, 3.8) is 0 Å². The Morgan fingerprint density at radius 1 is 0.800 bits per heavy atom. The van der Waals surface area contributed by atoms with E-state index >= 15 is 0 Å². The summed E-state index contributed by atoms with van der Waals surface area (Å²) in [6.45, 7) is 0.274. The highest BCUT2D eigenvalue weighted by Crippen LogP contribution is 2.20. The standard InChI is InChI=1S/C27H31N5O3/c28-18-25(33)31-22-15-21(26(34)30-13-7-12-19-8-3-1-4-9-19)16-23(17-22)32-27(35)24(29)14-20-10-5-2-6-11-20/h1-6,8-11,15-17,24H,7,12-14,18,28-29H2,(H,30,34)(H,31,33)(H,32,35)/t24-/m0/s1. The lowest BCUT2D eigenvalue weighted by Crippen LogP contribution is -2.37. The second-order valence-corrected chi connectivity index (χ2v) is 8.18. The van der Waals surface area contributed by atoms with Crippen LogP contribution in [0.1, 0.15) is 27.9 Å². The molecule has 8 nitrogen and oxygen atoms in total. The van der Waals surface area contributed by atoms with Crippen molar-refractivity contribution in [2.45, 2.75) is 25.3 Å². The number of nitrogens with two attached hydrogens (primary N) is 2. The molecule has 0 aliphatic rings. The molecule has 0 saturated heterocycles. The molecule has 0 spiro atoms. The van der Waals surface area contributed by atoms with Gasteiger partial charge >= 0.3 is 0 Å². The minimum Gasteiger partial charge on any atom is -0.352 e. The van der Waals surface area contributed by atoms with Crippen molar-refractivity contribution in [1.29, 1.82) is 0 Å². The molecule has 0 aromatic heterocycles. The monoisotopic (exact) mass is 473 g/mol. The SMILES string of the molecule is NCC(=O)Nc1cc(NC(=O)[C@@H](N)Cc2ccccc2)cc(C(=O)NCCCc2ccccc2)c1. The van der Waals surface area contributed by atoms with E-state index in [-0.39, 0.29) is 12.5 Å². The molecule has 182 valence electrons. The highest BCUT2D eigenvalue weighted by atomic mass is 16.2. The molecule has 0 radical (unpaired) electrons. The molecule has 0 saturated carbocycles. The molecule has 0 bridgehead atoms. The fourth-order valence-corrected chi connectivity index (χ4v) is 3.55. The van der Waals surface area contributed by atoms with E-state index in [1.54, 1.807) is 18.2 Å². The van der Waals surface area contributed by atoms with E-state index in [1.807, 2.05) is 60.7 Å². The summed E-state index contributed by atoms with van der Waals surface area (Å²) in [6, 6.07) is 23.4. The molecule has 3 rings (SSSR count). The predicted molar refractivity (Wildman–Crippen MR) is 138 cm³/mol. The second-order valence-electron chi connectivity index (χ2n) is 8.18. The summed E-state index contributed by atoms with van der Waals surface area (Å²) >= 11 is 0. The summed E-state index contributed by atoms with van der Waals surface area (Å²) in [6.07, 6.45) is 1.98. The molecule has 3 aromatic rings. The molecular formula is C27H31N5O3. The highest BCUT2D eigenvalue weighted by molar-refractivity contribution is 6.01. The van der Waals surface area contributed by atoms with Gasteiger partial charge in [0.25, 0.3) is 5.91 Å². The first kappa shape index (κ1) is 25.6. The van der Waals surface area contributed by atoms with Gasteiger partial charge in [0, 0.05) is 23.5 Å². The van der Waals surface area contributed by atoms with Crippen LogP contribution in [0.4, 0.5) is 11.4 Å². The third kappa shape index (κ3) is 8.37. The Hall–Kier alpha value is -4.01. The number of rotatable bonds is 11. The first-order valence-electron chi connectivity index (χ1n) is 11.5. The lowest BCUT2D eigenvalue weighted by Gasteiger charge is -2.15. The van der Waals surface area contributed by atoms with Crippen molar-refractivity contribution < 1.29 is 14.4 Å². The van der Waals surface area contributed by atoms with E-state index in [4.69, 9.17) is 11.5 Å². The van der Waals surface area contributed by atoms with Crippen LogP contribution in [0.3, 0.4) is 0 Å². The lowest BCUT2D eigenvalue weighted by atomic mass is 10.1. The fraction of sp³-hybridized carbons (Fsp3) is 0.222. The summed E-state index contributed by atoms with van der Waals surface area (Å²) in [5.41, 5.74) is 14.6. The summed E-state index contributed by atoms with van der Waals surface area (Å²) in [7, 11) is 0. The molecule has 3 amide bonds. The first-order valence-corrected chi connectivity index (χ1v) is 11.5. The van der Waals surface area contributed by atoms with Gasteiger partial charge in [-0.25, -0.2) is 0 Å². The molecule has 1 atom stereocenters. The highest BCUT2D eigenvalue weighted by Gasteiger charge is 2.16. The summed E-state index contributed by atoms with van der Waals surface area (Å²) < 4.78 is 0. The number of benzene rings is 3. The average molecular weight is 474 g/mol. The molecule has 8 heteroatoms. The van der Waals surface area contributed by atoms with Gasteiger partial charge in [0.15, 0.2) is 0 Å². The molecule has 3 aromatic carbocycles. The number of hydrogen-bond acceptors (Lipinski definition) is 5. The number of carbonyl (C=O) groups is 3. The molecule has 35 heavy (non-hydrogen) atoms. The third-order valence-corrected chi connectivity index (χ3v) is 5.34. The molecule has 7 N–H and O–H groups in total. The normalized spacial score (nSPS) is 11.4. The van der Waals surface area contributed by atoms with Crippen molar-refractivity contribution in [1.82, 2.24) is 5.32 Å². The van der Waals surface area contributed by atoms with Crippen molar-refractivity contribution >= 4 is 29.1 Å². The average Bonchev–Trinajstić information content (AvgIpc) is 2.87. The van der Waals surface area contributed by atoms with Gasteiger partial charge in [-0.2, -0.15) is 0 Å². The zero-order valence-corrected chi connectivity index (χ0v) is 19.5. The Morgan fingerprint density at radius 2 is 1.40 bits per heavy atom. The van der Waals surface area contributed by atoms with E-state index in [0.29, 0.717) is 29.9 Å². The zero-order valence-electron chi connectivity index (χ0n) is 19.5. The van der Waals surface area contributed by atoms with Crippen LogP contribution in [0.15, 0.2) is 78.9 Å². The quantitative estimate of drug-likeness (QED) is 0.272. The topological polar surface area (TPSA) is 139 Å². The molecule has 0 aliphatic carbocycles. The van der Waals surface area contributed by atoms with Gasteiger partial charge in [-0.15, -0.1) is 0 Å². The van der Waals surface area contributed by atoms with Crippen LogP contribution in [0.2, 0.25) is 0 Å². The largest absolute Gasteiger partial charge is 0.352 e. The summed E-state index contributed by atoms with van der Waals surface area (Å²) in [5, 5.41) is 8.27. The van der Waals surface area contributed by atoms with E-state index in [2.05, 4.69) is 16.0 Å². The molecule has 0 heterocycles. The summed E-state index contributed by atoms with van der Waals surface area (Å²) in [4.78, 5) is 37.3. The summed E-state index contributed by atoms with van der Waals surface area (Å²) in [5.74, 6) is -1.13. The fourth-order valence-electron chi connectivity index (χ4n) is 3.55. The van der Waals surface area contributed by atoms with Gasteiger partial charge in [-0.05, 0) is 48.6 Å².